The van der Waals surface area contributed by atoms with Gasteiger partial charge in [0.2, 0.25) is 0 Å². The molecule has 0 atom stereocenters. The molecule has 82 valence electrons. The van der Waals surface area contributed by atoms with Crippen molar-refractivity contribution in [3.8, 4) is 5.75 Å². The van der Waals surface area contributed by atoms with Crippen molar-refractivity contribution in [2.24, 2.45) is 0 Å². The Morgan fingerprint density at radius 1 is 1.33 bits per heavy atom. The maximum Gasteiger partial charge on any atom is 0.343 e. The fourth-order valence-electron chi connectivity index (χ4n) is 1.35. The summed E-state index contributed by atoms with van der Waals surface area (Å²) in [5.74, 6) is -0.308. The zero-order valence-corrected chi connectivity index (χ0v) is 9.09. The van der Waals surface area contributed by atoms with Gasteiger partial charge in [-0.05, 0) is 18.6 Å². The first-order valence-electron chi connectivity index (χ1n) is 3.79. The van der Waals surface area contributed by atoms with Gasteiger partial charge in [-0.2, -0.15) is 16.8 Å². The molecule has 0 bridgehead atoms. The van der Waals surface area contributed by atoms with E-state index in [0.717, 1.165) is 6.07 Å². The van der Waals surface area contributed by atoms with E-state index in [9.17, 15) is 16.8 Å². The van der Waals surface area contributed by atoms with Crippen molar-refractivity contribution in [1.29, 1.82) is 0 Å². The Morgan fingerprint density at radius 2 is 1.93 bits per heavy atom. The molecule has 0 radical (unpaired) electrons. The molecule has 8 heteroatoms. The third-order valence-electron chi connectivity index (χ3n) is 1.99. The fraction of sp³-hybridized carbons (Fsp3) is 0.143. The number of benzene rings is 1. The lowest BCUT2D eigenvalue weighted by Gasteiger charge is -2.22. The highest BCUT2D eigenvalue weighted by molar-refractivity contribution is 7.89. The van der Waals surface area contributed by atoms with Crippen molar-refractivity contribution in [1.82, 2.24) is 0 Å². The molecule has 1 aromatic rings. The average molecular weight is 250 g/mol. The number of rotatable bonds is 1. The summed E-state index contributed by atoms with van der Waals surface area (Å²) in [5, 5.41) is 0. The number of aryl methyl sites for hydroxylation is 1. The molecule has 0 saturated heterocycles. The summed E-state index contributed by atoms with van der Waals surface area (Å²) < 4.78 is 57.0. The van der Waals surface area contributed by atoms with Gasteiger partial charge in [0.25, 0.3) is 10.1 Å². The van der Waals surface area contributed by atoms with Gasteiger partial charge >= 0.3 is 10.1 Å². The standard InChI is InChI=1S/C7H6O6S2/c1-4-2-3-5(14(8,9)10)6-7(4)15(11,12)13-6/h2-3H,1H3,(H,8,9,10). The molecule has 1 aromatic carbocycles. The van der Waals surface area contributed by atoms with E-state index in [1.807, 2.05) is 0 Å². The highest BCUT2D eigenvalue weighted by atomic mass is 32.2. The molecule has 0 unspecified atom stereocenters. The Kier molecular flexibility index (Phi) is 1.88. The number of fused-ring (bicyclic) bond motifs is 1. The maximum atomic E-state index is 11.1. The third-order valence-corrected chi connectivity index (χ3v) is 4.26. The molecule has 15 heavy (non-hydrogen) atoms. The van der Waals surface area contributed by atoms with Crippen molar-refractivity contribution in [3.63, 3.8) is 0 Å². The van der Waals surface area contributed by atoms with Gasteiger partial charge in [-0.1, -0.05) is 6.07 Å². The molecule has 0 aliphatic carbocycles. The predicted molar refractivity (Wildman–Crippen MR) is 48.8 cm³/mol. The van der Waals surface area contributed by atoms with Crippen molar-refractivity contribution >= 4 is 20.2 Å². The SMILES string of the molecule is Cc1ccc(S(=O)(=O)O)c2c1S(=O)(=O)O2. The van der Waals surface area contributed by atoms with Gasteiger partial charge in [-0.3, -0.25) is 4.55 Å². The van der Waals surface area contributed by atoms with Crippen LogP contribution in [0.5, 0.6) is 5.75 Å². The third kappa shape index (κ3) is 1.41. The highest BCUT2D eigenvalue weighted by Crippen LogP contribution is 2.43. The first kappa shape index (κ1) is 10.4. The summed E-state index contributed by atoms with van der Waals surface area (Å²) in [6.07, 6.45) is 0. The van der Waals surface area contributed by atoms with E-state index in [1.54, 1.807) is 0 Å². The Morgan fingerprint density at radius 3 is 2.40 bits per heavy atom. The zero-order valence-electron chi connectivity index (χ0n) is 7.46. The minimum Gasteiger partial charge on any atom is -0.376 e. The van der Waals surface area contributed by atoms with Gasteiger partial charge in [0.05, 0.1) is 0 Å². The second kappa shape index (κ2) is 2.71. The minimum atomic E-state index is -4.46. The van der Waals surface area contributed by atoms with E-state index in [4.69, 9.17) is 4.55 Å². The van der Waals surface area contributed by atoms with Gasteiger partial charge < -0.3 is 4.18 Å². The van der Waals surface area contributed by atoms with Crippen LogP contribution in [0, 0.1) is 6.92 Å². The van der Waals surface area contributed by atoms with Gasteiger partial charge in [-0.15, -0.1) is 0 Å². The minimum absolute atomic E-state index is 0.183. The Labute approximate surface area is 86.4 Å². The van der Waals surface area contributed by atoms with Crippen molar-refractivity contribution in [3.05, 3.63) is 17.7 Å². The van der Waals surface area contributed by atoms with Crippen LogP contribution in [0.15, 0.2) is 21.9 Å². The molecule has 2 rings (SSSR count). The fourth-order valence-corrected chi connectivity index (χ4v) is 3.29. The van der Waals surface area contributed by atoms with Gasteiger partial charge in [0, 0.05) is 0 Å². The van der Waals surface area contributed by atoms with E-state index in [-0.39, 0.29) is 10.6 Å². The summed E-state index contributed by atoms with van der Waals surface area (Å²) in [4.78, 5) is -0.712. The molecule has 0 spiro atoms. The van der Waals surface area contributed by atoms with Crippen molar-refractivity contribution in [2.75, 3.05) is 0 Å². The van der Waals surface area contributed by atoms with Crippen LogP contribution in [0.25, 0.3) is 0 Å². The van der Waals surface area contributed by atoms with E-state index in [0.29, 0.717) is 5.56 Å². The summed E-state index contributed by atoms with van der Waals surface area (Å²) in [5.41, 5.74) is 0.378. The van der Waals surface area contributed by atoms with E-state index >= 15 is 0 Å². The Bertz CT molecular complexity index is 640. The smallest absolute Gasteiger partial charge is 0.343 e. The second-order valence-corrected chi connectivity index (χ2v) is 5.92. The van der Waals surface area contributed by atoms with Gasteiger partial charge in [0.1, 0.15) is 4.90 Å². The highest BCUT2D eigenvalue weighted by Gasteiger charge is 2.40. The quantitative estimate of drug-likeness (QED) is 0.569. The van der Waals surface area contributed by atoms with Crippen LogP contribution in [0.2, 0.25) is 0 Å². The molecular formula is C7H6O6S2. The molecule has 0 amide bonds. The van der Waals surface area contributed by atoms with Crippen LogP contribution in [0.1, 0.15) is 5.56 Å². The molecule has 1 heterocycles. The normalized spacial score (nSPS) is 17.5. The van der Waals surface area contributed by atoms with Crippen LogP contribution in [-0.4, -0.2) is 21.4 Å². The lowest BCUT2D eigenvalue weighted by molar-refractivity contribution is 0.424. The monoisotopic (exact) mass is 250 g/mol. The number of hydrogen-bond donors (Lipinski definition) is 1. The topological polar surface area (TPSA) is 97.7 Å². The lowest BCUT2D eigenvalue weighted by Crippen LogP contribution is -2.25. The van der Waals surface area contributed by atoms with Crippen molar-refractivity contribution < 1.29 is 25.6 Å². The molecule has 0 aromatic heterocycles. The van der Waals surface area contributed by atoms with E-state index in [2.05, 4.69) is 4.18 Å². The summed E-state index contributed by atoms with van der Waals surface area (Å²) in [6, 6.07) is 2.39. The predicted octanol–water partition coefficient (Wildman–Crippen LogP) is 0.323. The largest absolute Gasteiger partial charge is 0.376 e. The molecule has 1 aliphatic rings. The first-order valence-corrected chi connectivity index (χ1v) is 6.64. The van der Waals surface area contributed by atoms with Crippen LogP contribution in [0.4, 0.5) is 0 Å². The van der Waals surface area contributed by atoms with E-state index < -0.39 is 25.1 Å². The molecule has 0 saturated carbocycles. The first-order chi connectivity index (χ1) is 6.73. The second-order valence-electron chi connectivity index (χ2n) is 3.05. The molecular weight excluding hydrogens is 244 g/mol. The zero-order chi connectivity index (χ0) is 11.4. The average Bonchev–Trinajstić information content (AvgIpc) is 1.98. The Balaban J connectivity index is 2.84. The summed E-state index contributed by atoms with van der Waals surface area (Å²) in [7, 11) is -8.29. The lowest BCUT2D eigenvalue weighted by atomic mass is 10.2. The van der Waals surface area contributed by atoms with Crippen LogP contribution < -0.4 is 4.18 Å². The van der Waals surface area contributed by atoms with Crippen LogP contribution >= 0.6 is 0 Å². The summed E-state index contributed by atoms with van der Waals surface area (Å²) >= 11 is 0. The molecule has 1 aliphatic heterocycles. The van der Waals surface area contributed by atoms with Gasteiger partial charge in [0.15, 0.2) is 10.6 Å². The van der Waals surface area contributed by atoms with Crippen LogP contribution in [-0.2, 0) is 20.2 Å². The molecule has 1 N–H and O–H groups in total. The van der Waals surface area contributed by atoms with Crippen LogP contribution in [0.3, 0.4) is 0 Å². The molecule has 0 fully saturated rings. The summed E-state index contributed by atoms with van der Waals surface area (Å²) in [6.45, 7) is 1.51. The number of hydrogen-bond acceptors (Lipinski definition) is 5. The van der Waals surface area contributed by atoms with Gasteiger partial charge in [-0.25, -0.2) is 0 Å². The maximum absolute atomic E-state index is 11.1. The van der Waals surface area contributed by atoms with E-state index in [1.165, 1.54) is 13.0 Å². The molecule has 6 nitrogen and oxygen atoms in total. The Hall–Kier alpha value is -1.12. The van der Waals surface area contributed by atoms with Crippen molar-refractivity contribution in [2.45, 2.75) is 16.7 Å².